The first-order chi connectivity index (χ1) is 49.9. The number of alkyl halides is 3. The summed E-state index contributed by atoms with van der Waals surface area (Å²) in [6.45, 7) is -0.0807. The summed E-state index contributed by atoms with van der Waals surface area (Å²) in [7, 11) is 0. The summed E-state index contributed by atoms with van der Waals surface area (Å²) in [5.41, 5.74) is 21.3. The summed E-state index contributed by atoms with van der Waals surface area (Å²) < 4.78 is 52.2. The number of halogens is 6. The SMILES string of the molecule is CCOC(=O)/C=C/c1cn(CC(=O)N2C[C@H](F)C[C@H]2C(=O)Nc2cccc(Br)n2)nc1C(N)=O.NC(=O)c1nn(CC(=O)N2C[C@H](F)C[C@H]2C(=O)Nc2cccc(Br)n2)cc1/C=C/C(=O)CC1CC1.NC(=O)c1nn(CC(=O)N2C[C@H](F)C[C@H]2C(=O)Nc2cccc(Br)n2)cc1/C=C/C(=O)O.NC1CC1. The number of pyridine rings is 3. The average Bonchev–Trinajstić information content (AvgIpc) is 1.68. The van der Waals surface area contributed by atoms with Crippen molar-refractivity contribution in [2.75, 3.05) is 42.2 Å². The molecule has 5 aliphatic rings. The number of anilines is 3. The van der Waals surface area contributed by atoms with Crippen LogP contribution in [0.5, 0.6) is 0 Å². The molecule has 11 rings (SSSR count). The number of allylic oxidation sites excluding steroid dienone is 1. The van der Waals surface area contributed by atoms with Crippen LogP contribution < -0.4 is 38.9 Å². The van der Waals surface area contributed by atoms with Gasteiger partial charge in [-0.05, 0) is 147 Å². The number of likely N-dealkylation sites (tertiary alicyclic amines) is 3. The Morgan fingerprint density at radius 2 is 0.848 bits per heavy atom. The first-order valence-electron chi connectivity index (χ1n) is 32.3. The number of carbonyl (C=O) groups is 12. The standard InChI is InChI=1S/C23H24BrFN6O4.C21H22BrFN6O5.C19H18BrFN6O5.C3H7N/c24-18-2-1-3-19(27-18)28-23(35)17-9-15(25)11-31(17)20(33)12-30-10-14(21(29-30)22(26)34)6-7-16(32)8-13-4-5-13;1-2-34-18(31)7-6-12-9-28(27-19(12)20(24)32)11-17(30)29-10-13(23)8-14(29)21(33)26-16-5-3-4-15(22)25-16;20-13-2-1-3-14(23-13)24-19(32)12-6-11(21)8-27(12)15(28)9-26-7-10(4-5-16(29)30)17(25-26)18(22)31;4-3-1-2-3/h1-3,6-7,10,13,15,17H,4-5,8-9,11-12H2,(H2,26,34)(H,27,28,35);3-7,9,13-14H,2,8,10-11H2,1H3,(H2,24,32)(H,25,26,33);1-5,7,11-12H,6,8-9H2,(H2,22,31)(H,29,30)(H,23,24,32);3H,1-2,4H2/b2*7-6+;5-4+;/t15-,17+;13-,14+;11-,12+;/m111./s1. The average molecular weight is 1650 g/mol. The van der Waals surface area contributed by atoms with E-state index < -0.39 is 108 Å². The lowest BCUT2D eigenvalue weighted by molar-refractivity contribution is -0.137. The number of nitrogens with two attached hydrogens (primary N) is 4. The molecule has 0 unspecified atom stereocenters. The van der Waals surface area contributed by atoms with Gasteiger partial charge in [-0.1, -0.05) is 18.2 Å². The Kier molecular flexibility index (Phi) is 28.3. The number of amides is 9. The maximum absolute atomic E-state index is 14.2. The molecular formula is C66H71Br3F3N19O14. The van der Waals surface area contributed by atoms with Crippen LogP contribution in [-0.4, -0.2) is 204 Å². The van der Waals surface area contributed by atoms with Crippen molar-refractivity contribution in [3.05, 3.63) is 139 Å². The van der Waals surface area contributed by atoms with Gasteiger partial charge in [0.1, 0.15) is 87.5 Å². The zero-order chi connectivity index (χ0) is 76.3. The molecule has 105 heavy (non-hydrogen) atoms. The first kappa shape index (κ1) is 80.0. The molecule has 33 nitrogen and oxygen atoms in total. The molecule has 3 aliphatic heterocycles. The van der Waals surface area contributed by atoms with Crippen LogP contribution in [0.1, 0.15) is 106 Å². The van der Waals surface area contributed by atoms with Crippen molar-refractivity contribution in [3.63, 3.8) is 0 Å². The maximum Gasteiger partial charge on any atom is 0.330 e. The molecule has 0 radical (unpaired) electrons. The van der Waals surface area contributed by atoms with Crippen molar-refractivity contribution in [2.24, 2.45) is 28.9 Å². The van der Waals surface area contributed by atoms with E-state index >= 15 is 0 Å². The van der Waals surface area contributed by atoms with Gasteiger partial charge < -0.3 is 63.4 Å². The smallest absolute Gasteiger partial charge is 0.330 e. The van der Waals surface area contributed by atoms with E-state index in [-0.39, 0.29) is 110 Å². The zero-order valence-electron chi connectivity index (χ0n) is 55.8. The predicted octanol–water partition coefficient (Wildman–Crippen LogP) is 4.32. The quantitative estimate of drug-likeness (QED) is 0.0238. The first-order valence-corrected chi connectivity index (χ1v) is 34.7. The molecule has 6 atom stereocenters. The van der Waals surface area contributed by atoms with Gasteiger partial charge in [0.15, 0.2) is 22.9 Å². The van der Waals surface area contributed by atoms with Crippen LogP contribution in [0.4, 0.5) is 30.6 Å². The molecule has 6 aromatic rings. The summed E-state index contributed by atoms with van der Waals surface area (Å²) in [5, 5.41) is 28.5. The second-order valence-corrected chi connectivity index (χ2v) is 26.7. The molecule has 2 saturated carbocycles. The third-order valence-electron chi connectivity index (χ3n) is 15.8. The number of hydrogen-bond donors (Lipinski definition) is 8. The van der Waals surface area contributed by atoms with E-state index in [0.717, 1.165) is 55.1 Å². The van der Waals surface area contributed by atoms with Crippen molar-refractivity contribution in [1.82, 2.24) is 59.0 Å². The number of esters is 1. The van der Waals surface area contributed by atoms with Gasteiger partial charge in [0.2, 0.25) is 35.4 Å². The molecule has 556 valence electrons. The number of nitrogens with one attached hydrogen (secondary N) is 3. The van der Waals surface area contributed by atoms with Crippen molar-refractivity contribution in [1.29, 1.82) is 0 Å². The third kappa shape index (κ3) is 24.2. The molecule has 5 fully saturated rings. The number of primary amides is 3. The van der Waals surface area contributed by atoms with Crippen LogP contribution in [0.25, 0.3) is 18.2 Å². The number of hydrogen-bond acceptors (Lipinski definition) is 20. The number of aromatic nitrogens is 9. The normalized spacial score (nSPS) is 18.8. The third-order valence-corrected chi connectivity index (χ3v) is 17.2. The molecule has 9 amide bonds. The Morgan fingerprint density at radius 3 is 1.13 bits per heavy atom. The van der Waals surface area contributed by atoms with E-state index in [1.807, 2.05) is 0 Å². The van der Waals surface area contributed by atoms with E-state index in [1.54, 1.807) is 61.5 Å². The lowest BCUT2D eigenvalue weighted by atomic mass is 10.1. The Balaban J connectivity index is 0.000000194. The van der Waals surface area contributed by atoms with E-state index in [4.69, 9.17) is 32.8 Å². The summed E-state index contributed by atoms with van der Waals surface area (Å²) in [4.78, 5) is 162. The van der Waals surface area contributed by atoms with Gasteiger partial charge in [0, 0.05) is 79.2 Å². The van der Waals surface area contributed by atoms with Crippen LogP contribution in [-0.2, 0) is 67.5 Å². The highest BCUT2D eigenvalue weighted by Gasteiger charge is 2.43. The van der Waals surface area contributed by atoms with Gasteiger partial charge in [-0.25, -0.2) is 37.7 Å². The molecule has 3 saturated heterocycles. The molecule has 39 heteroatoms. The molecule has 2 aliphatic carbocycles. The minimum absolute atomic E-state index is 0.0633. The van der Waals surface area contributed by atoms with Crippen LogP contribution in [0.3, 0.4) is 0 Å². The molecule has 6 aromatic heterocycles. The van der Waals surface area contributed by atoms with Crippen molar-refractivity contribution in [3.8, 4) is 0 Å². The van der Waals surface area contributed by atoms with E-state index in [1.165, 1.54) is 54.3 Å². The Morgan fingerprint density at radius 1 is 0.524 bits per heavy atom. The van der Waals surface area contributed by atoms with E-state index in [0.29, 0.717) is 37.8 Å². The van der Waals surface area contributed by atoms with Crippen molar-refractivity contribution in [2.45, 2.75) is 121 Å². The number of carboxylic acids is 1. The number of carbonyl (C=O) groups excluding carboxylic acids is 11. The molecule has 0 aromatic carbocycles. The number of carboxylic acid groups (broad SMARTS) is 1. The highest BCUT2D eigenvalue weighted by molar-refractivity contribution is 9.11. The Labute approximate surface area is 621 Å². The Hall–Kier alpha value is -10.7. The lowest BCUT2D eigenvalue weighted by Crippen LogP contribution is -2.44. The summed E-state index contributed by atoms with van der Waals surface area (Å²) in [6.07, 6.45) is 11.6. The van der Waals surface area contributed by atoms with Crippen LogP contribution >= 0.6 is 47.8 Å². The number of nitrogens with zero attached hydrogens (tertiary/aromatic N) is 12. The molecule has 9 heterocycles. The highest BCUT2D eigenvalue weighted by Crippen LogP contribution is 2.33. The summed E-state index contributed by atoms with van der Waals surface area (Å²) in [6, 6.07) is 12.2. The second-order valence-electron chi connectivity index (χ2n) is 24.2. The monoisotopic (exact) mass is 1650 g/mol. The number of ketones is 1. The molecule has 0 bridgehead atoms. The lowest BCUT2D eigenvalue weighted by Gasteiger charge is -2.23. The van der Waals surface area contributed by atoms with E-state index in [9.17, 15) is 70.7 Å². The molecule has 12 N–H and O–H groups in total. The zero-order valence-corrected chi connectivity index (χ0v) is 60.6. The van der Waals surface area contributed by atoms with Gasteiger partial charge in [0.05, 0.1) is 26.2 Å². The minimum atomic E-state index is -1.39. The minimum Gasteiger partial charge on any atom is -0.478 e. The highest BCUT2D eigenvalue weighted by atomic mass is 79.9. The summed E-state index contributed by atoms with van der Waals surface area (Å²) >= 11 is 9.60. The molecule has 0 spiro atoms. The number of aliphatic carboxylic acids is 1. The molecular weight excluding hydrogens is 1580 g/mol. The van der Waals surface area contributed by atoms with Gasteiger partial charge in [0.25, 0.3) is 17.7 Å². The van der Waals surface area contributed by atoms with Crippen LogP contribution in [0.15, 0.2) is 105 Å². The fraction of sp³-hybridized carbons (Fsp3) is 0.364. The summed E-state index contributed by atoms with van der Waals surface area (Å²) in [5.74, 6) is -6.79. The number of ether oxygens (including phenoxy) is 1. The van der Waals surface area contributed by atoms with Crippen LogP contribution in [0.2, 0.25) is 0 Å². The van der Waals surface area contributed by atoms with Gasteiger partial charge in [-0.15, -0.1) is 0 Å². The Bertz CT molecular complexity index is 4370. The van der Waals surface area contributed by atoms with Crippen molar-refractivity contribution >= 4 is 154 Å². The fourth-order valence-corrected chi connectivity index (χ4v) is 11.7. The largest absolute Gasteiger partial charge is 0.478 e. The predicted molar refractivity (Wildman–Crippen MR) is 380 cm³/mol. The second kappa shape index (κ2) is 37.2. The van der Waals surface area contributed by atoms with Gasteiger partial charge in [-0.3, -0.25) is 62.0 Å². The number of rotatable bonds is 24. The fourth-order valence-electron chi connectivity index (χ4n) is 10.6. The van der Waals surface area contributed by atoms with Crippen molar-refractivity contribution < 1.29 is 80.5 Å². The van der Waals surface area contributed by atoms with E-state index in [2.05, 4.69) is 94.0 Å². The van der Waals surface area contributed by atoms with Crippen LogP contribution in [0, 0.1) is 5.92 Å². The maximum atomic E-state index is 14.2. The topological polar surface area (TPSA) is 476 Å². The van der Waals surface area contributed by atoms with Gasteiger partial charge >= 0.3 is 11.9 Å². The van der Waals surface area contributed by atoms with Gasteiger partial charge in [-0.2, -0.15) is 15.3 Å².